The molecule has 0 aliphatic heterocycles. The highest BCUT2D eigenvalue weighted by Gasteiger charge is 2.18. The molecule has 0 aliphatic rings. The van der Waals surface area contributed by atoms with Crippen molar-refractivity contribution >= 4 is 28.9 Å². The molecule has 0 N–H and O–H groups in total. The van der Waals surface area contributed by atoms with Gasteiger partial charge in [-0.2, -0.15) is 0 Å². The molecule has 98 valence electrons. The number of rotatable bonds is 3. The monoisotopic (exact) mass is 302 g/mol. The maximum absolute atomic E-state index is 13.5. The van der Waals surface area contributed by atoms with E-state index < -0.39 is 16.6 Å². The second-order valence-corrected chi connectivity index (χ2v) is 4.28. The van der Waals surface area contributed by atoms with E-state index in [2.05, 4.69) is 4.98 Å². The normalized spacial score (nSPS) is 10.3. The first-order valence-corrected chi connectivity index (χ1v) is 5.66. The molecule has 1 aromatic carbocycles. The number of halogens is 3. The smallest absolute Gasteiger partial charge is 0.311 e. The standard InChI is InChI=1S/C11H5Cl2FN2O3/c12-6-1-2-9(16(17)18)10(4-6)19-11-8(14)3-7(13)5-15-11/h1-5H. The molecule has 0 aliphatic carbocycles. The minimum Gasteiger partial charge on any atom is -0.429 e. The maximum atomic E-state index is 13.5. The lowest BCUT2D eigenvalue weighted by atomic mass is 10.3. The van der Waals surface area contributed by atoms with Crippen molar-refractivity contribution in [3.8, 4) is 11.6 Å². The van der Waals surface area contributed by atoms with Crippen molar-refractivity contribution in [2.75, 3.05) is 0 Å². The van der Waals surface area contributed by atoms with E-state index in [1.54, 1.807) is 0 Å². The number of benzene rings is 1. The third kappa shape index (κ3) is 3.10. The van der Waals surface area contributed by atoms with Gasteiger partial charge in [-0.15, -0.1) is 0 Å². The highest BCUT2D eigenvalue weighted by Crippen LogP contribution is 2.34. The summed E-state index contributed by atoms with van der Waals surface area (Å²) in [7, 11) is 0. The van der Waals surface area contributed by atoms with E-state index in [1.165, 1.54) is 12.1 Å². The van der Waals surface area contributed by atoms with Crippen molar-refractivity contribution in [1.82, 2.24) is 4.98 Å². The van der Waals surface area contributed by atoms with Crippen LogP contribution in [0, 0.1) is 15.9 Å². The summed E-state index contributed by atoms with van der Waals surface area (Å²) >= 11 is 11.3. The number of nitro groups is 1. The van der Waals surface area contributed by atoms with Gasteiger partial charge in [-0.1, -0.05) is 23.2 Å². The lowest BCUT2D eigenvalue weighted by Crippen LogP contribution is -1.96. The highest BCUT2D eigenvalue weighted by atomic mass is 35.5. The van der Waals surface area contributed by atoms with Gasteiger partial charge in [-0.25, -0.2) is 9.37 Å². The Morgan fingerprint density at radius 3 is 2.63 bits per heavy atom. The van der Waals surface area contributed by atoms with Crippen molar-refractivity contribution in [3.63, 3.8) is 0 Å². The zero-order valence-electron chi connectivity index (χ0n) is 9.14. The number of ether oxygens (including phenoxy) is 1. The third-order valence-corrected chi connectivity index (χ3v) is 2.54. The summed E-state index contributed by atoms with van der Waals surface area (Å²) in [5.74, 6) is -1.46. The molecule has 0 saturated heterocycles. The Kier molecular flexibility index (Phi) is 3.82. The Labute approximate surface area is 116 Å². The van der Waals surface area contributed by atoms with Crippen LogP contribution < -0.4 is 4.74 Å². The molecule has 1 heterocycles. The number of aromatic nitrogens is 1. The molecule has 0 bridgehead atoms. The van der Waals surface area contributed by atoms with Crippen LogP contribution in [0.15, 0.2) is 30.5 Å². The molecule has 19 heavy (non-hydrogen) atoms. The van der Waals surface area contributed by atoms with E-state index in [4.69, 9.17) is 27.9 Å². The van der Waals surface area contributed by atoms with E-state index in [9.17, 15) is 14.5 Å². The minimum atomic E-state index is -0.832. The van der Waals surface area contributed by atoms with Crippen LogP contribution in [0.3, 0.4) is 0 Å². The van der Waals surface area contributed by atoms with Crippen molar-refractivity contribution in [1.29, 1.82) is 0 Å². The van der Waals surface area contributed by atoms with Gasteiger partial charge >= 0.3 is 5.69 Å². The Hall–Kier alpha value is -1.92. The van der Waals surface area contributed by atoms with Crippen molar-refractivity contribution < 1.29 is 14.1 Å². The summed E-state index contributed by atoms with van der Waals surface area (Å²) in [5, 5.41) is 11.1. The molecular formula is C11H5Cl2FN2O3. The number of nitro benzene ring substituents is 1. The quantitative estimate of drug-likeness (QED) is 0.628. The van der Waals surface area contributed by atoms with Crippen LogP contribution in [0.5, 0.6) is 11.6 Å². The summed E-state index contributed by atoms with van der Waals surface area (Å²) in [6.07, 6.45) is 1.16. The first kappa shape index (κ1) is 13.5. The van der Waals surface area contributed by atoms with Gasteiger partial charge in [0, 0.05) is 23.4 Å². The zero-order valence-corrected chi connectivity index (χ0v) is 10.7. The minimum absolute atomic E-state index is 0.0884. The van der Waals surface area contributed by atoms with E-state index in [0.717, 1.165) is 18.3 Å². The van der Waals surface area contributed by atoms with Gasteiger partial charge in [-0.3, -0.25) is 10.1 Å². The van der Waals surface area contributed by atoms with Gasteiger partial charge in [0.15, 0.2) is 5.82 Å². The fourth-order valence-electron chi connectivity index (χ4n) is 1.30. The van der Waals surface area contributed by atoms with Crippen LogP contribution in [0.2, 0.25) is 10.0 Å². The lowest BCUT2D eigenvalue weighted by molar-refractivity contribution is -0.385. The average Bonchev–Trinajstić information content (AvgIpc) is 2.32. The molecule has 0 spiro atoms. The topological polar surface area (TPSA) is 65.3 Å². The third-order valence-electron chi connectivity index (χ3n) is 2.10. The predicted molar refractivity (Wildman–Crippen MR) is 67.4 cm³/mol. The second-order valence-electron chi connectivity index (χ2n) is 3.41. The van der Waals surface area contributed by atoms with Crippen LogP contribution in [0.1, 0.15) is 0 Å². The van der Waals surface area contributed by atoms with Crippen LogP contribution in [-0.4, -0.2) is 9.91 Å². The fourth-order valence-corrected chi connectivity index (χ4v) is 1.61. The van der Waals surface area contributed by atoms with Crippen LogP contribution in [0.25, 0.3) is 0 Å². The van der Waals surface area contributed by atoms with Crippen molar-refractivity contribution in [2.45, 2.75) is 0 Å². The Morgan fingerprint density at radius 2 is 2.00 bits per heavy atom. The summed E-state index contributed by atoms with van der Waals surface area (Å²) in [5.41, 5.74) is -0.347. The Bertz CT molecular complexity index is 652. The summed E-state index contributed by atoms with van der Waals surface area (Å²) in [6.45, 7) is 0. The van der Waals surface area contributed by atoms with E-state index in [-0.39, 0.29) is 21.5 Å². The van der Waals surface area contributed by atoms with Gasteiger partial charge in [0.25, 0.3) is 5.88 Å². The number of pyridine rings is 1. The lowest BCUT2D eigenvalue weighted by Gasteiger charge is -2.06. The largest absolute Gasteiger partial charge is 0.429 e. The summed E-state index contributed by atoms with van der Waals surface area (Å²) < 4.78 is 18.6. The second kappa shape index (κ2) is 5.38. The number of hydrogen-bond donors (Lipinski definition) is 0. The number of nitrogens with zero attached hydrogens (tertiary/aromatic N) is 2. The van der Waals surface area contributed by atoms with E-state index >= 15 is 0 Å². The maximum Gasteiger partial charge on any atom is 0.311 e. The molecule has 2 aromatic rings. The van der Waals surface area contributed by atoms with Gasteiger partial charge < -0.3 is 4.74 Å². The molecule has 0 saturated carbocycles. The molecule has 0 amide bonds. The summed E-state index contributed by atoms with van der Waals surface area (Å²) in [6, 6.07) is 4.68. The Morgan fingerprint density at radius 1 is 1.26 bits per heavy atom. The predicted octanol–water partition coefficient (Wildman–Crippen LogP) is 4.23. The van der Waals surface area contributed by atoms with Crippen LogP contribution in [-0.2, 0) is 0 Å². The van der Waals surface area contributed by atoms with Crippen LogP contribution >= 0.6 is 23.2 Å². The average molecular weight is 303 g/mol. The molecule has 0 fully saturated rings. The zero-order chi connectivity index (χ0) is 14.0. The molecule has 5 nitrogen and oxygen atoms in total. The van der Waals surface area contributed by atoms with E-state index in [0.29, 0.717) is 0 Å². The van der Waals surface area contributed by atoms with Gasteiger partial charge in [0.1, 0.15) is 0 Å². The first-order chi connectivity index (χ1) is 8.97. The Balaban J connectivity index is 2.42. The number of hydrogen-bond acceptors (Lipinski definition) is 4. The van der Waals surface area contributed by atoms with Gasteiger partial charge in [0.2, 0.25) is 5.75 Å². The molecular weight excluding hydrogens is 298 g/mol. The molecule has 0 unspecified atom stereocenters. The SMILES string of the molecule is O=[N+]([O-])c1ccc(Cl)cc1Oc1ncc(Cl)cc1F. The first-order valence-electron chi connectivity index (χ1n) is 4.90. The van der Waals surface area contributed by atoms with Crippen LogP contribution in [0.4, 0.5) is 10.1 Å². The fraction of sp³-hybridized carbons (Fsp3) is 0. The molecule has 2 rings (SSSR count). The molecule has 0 radical (unpaired) electrons. The molecule has 1 aromatic heterocycles. The van der Waals surface area contributed by atoms with Crippen molar-refractivity contribution in [2.24, 2.45) is 0 Å². The highest BCUT2D eigenvalue weighted by molar-refractivity contribution is 6.31. The van der Waals surface area contributed by atoms with Crippen molar-refractivity contribution in [3.05, 3.63) is 56.4 Å². The van der Waals surface area contributed by atoms with Gasteiger partial charge in [-0.05, 0) is 12.1 Å². The van der Waals surface area contributed by atoms with E-state index in [1.807, 2.05) is 0 Å². The van der Waals surface area contributed by atoms with Gasteiger partial charge in [0.05, 0.1) is 9.95 Å². The molecule has 8 heteroatoms. The molecule has 0 atom stereocenters. The summed E-state index contributed by atoms with van der Waals surface area (Å²) in [4.78, 5) is 13.8.